The molecule has 1 aromatic heterocycles. The summed E-state index contributed by atoms with van der Waals surface area (Å²) < 4.78 is 1.81. The topological polar surface area (TPSA) is 60.0 Å². The van der Waals surface area contributed by atoms with Gasteiger partial charge in [0, 0.05) is 25.8 Å². The molecule has 0 fully saturated rings. The maximum Gasteiger partial charge on any atom is 0.268 e. The van der Waals surface area contributed by atoms with Gasteiger partial charge in [-0.25, -0.2) is 0 Å². The zero-order valence-corrected chi connectivity index (χ0v) is 10.00. The molecule has 0 saturated carbocycles. The third kappa shape index (κ3) is 3.40. The molecule has 0 radical (unpaired) electrons. The van der Waals surface area contributed by atoms with Crippen molar-refractivity contribution in [3.8, 4) is 0 Å². The molecule has 0 aromatic carbocycles. The number of hydrogen-bond acceptors (Lipinski definition) is 2. The maximum absolute atomic E-state index is 11.7. The molecule has 16 heavy (non-hydrogen) atoms. The van der Waals surface area contributed by atoms with Gasteiger partial charge < -0.3 is 15.6 Å². The molecule has 1 rings (SSSR count). The Hall–Kier alpha value is -1.26. The summed E-state index contributed by atoms with van der Waals surface area (Å²) in [5.74, 6) is -0.129. The van der Waals surface area contributed by atoms with Crippen molar-refractivity contribution in [3.63, 3.8) is 0 Å². The van der Waals surface area contributed by atoms with Crippen LogP contribution in [0.15, 0.2) is 24.4 Å². The highest BCUT2D eigenvalue weighted by molar-refractivity contribution is 6.31. The van der Waals surface area contributed by atoms with Crippen LogP contribution in [-0.2, 0) is 6.54 Å². The zero-order chi connectivity index (χ0) is 12.0. The van der Waals surface area contributed by atoms with Gasteiger partial charge in [-0.3, -0.25) is 4.79 Å². The molecule has 88 valence electrons. The number of halogens is 1. The van der Waals surface area contributed by atoms with Crippen molar-refractivity contribution in [2.24, 2.45) is 5.73 Å². The fraction of sp³-hybridized carbons (Fsp3) is 0.364. The first-order valence-electron chi connectivity index (χ1n) is 5.18. The normalized spacial score (nSPS) is 10.9. The molecule has 5 heteroatoms. The summed E-state index contributed by atoms with van der Waals surface area (Å²) in [6.45, 7) is 3.63. The van der Waals surface area contributed by atoms with Crippen molar-refractivity contribution in [2.75, 3.05) is 13.1 Å². The van der Waals surface area contributed by atoms with Crippen molar-refractivity contribution >= 4 is 17.5 Å². The summed E-state index contributed by atoms with van der Waals surface area (Å²) in [5.41, 5.74) is 5.86. The van der Waals surface area contributed by atoms with Crippen LogP contribution in [0.5, 0.6) is 0 Å². The van der Waals surface area contributed by atoms with E-state index in [0.29, 0.717) is 30.4 Å². The smallest absolute Gasteiger partial charge is 0.268 e. The van der Waals surface area contributed by atoms with E-state index >= 15 is 0 Å². The van der Waals surface area contributed by atoms with Gasteiger partial charge in [-0.15, -0.1) is 0 Å². The highest BCUT2D eigenvalue weighted by Crippen LogP contribution is 2.13. The van der Waals surface area contributed by atoms with E-state index < -0.39 is 0 Å². The fourth-order valence-electron chi connectivity index (χ4n) is 1.35. The van der Waals surface area contributed by atoms with Crippen LogP contribution in [0.2, 0.25) is 5.02 Å². The molecule has 0 bridgehead atoms. The average molecular weight is 242 g/mol. The molecule has 0 spiro atoms. The third-order valence-corrected chi connectivity index (χ3v) is 2.33. The zero-order valence-electron chi connectivity index (χ0n) is 9.24. The van der Waals surface area contributed by atoms with Crippen LogP contribution >= 0.6 is 11.6 Å². The Bertz CT molecular complexity index is 385. The van der Waals surface area contributed by atoms with E-state index in [4.69, 9.17) is 17.3 Å². The van der Waals surface area contributed by atoms with Crippen LogP contribution in [0.1, 0.15) is 17.4 Å². The van der Waals surface area contributed by atoms with Crippen molar-refractivity contribution in [1.29, 1.82) is 0 Å². The van der Waals surface area contributed by atoms with E-state index in [0.717, 1.165) is 0 Å². The lowest BCUT2D eigenvalue weighted by Gasteiger charge is -2.05. The number of hydrogen-bond donors (Lipinski definition) is 2. The summed E-state index contributed by atoms with van der Waals surface area (Å²) in [5, 5.41) is 3.33. The monoisotopic (exact) mass is 241 g/mol. The Morgan fingerprint density at radius 2 is 2.38 bits per heavy atom. The number of nitrogens with two attached hydrogens (primary N) is 1. The molecule has 0 unspecified atom stereocenters. The summed E-state index contributed by atoms with van der Waals surface area (Å²) in [7, 11) is 0. The van der Waals surface area contributed by atoms with Crippen LogP contribution in [0.3, 0.4) is 0 Å². The van der Waals surface area contributed by atoms with Gasteiger partial charge in [0.1, 0.15) is 5.69 Å². The Morgan fingerprint density at radius 1 is 1.62 bits per heavy atom. The molecule has 0 aliphatic heterocycles. The first kappa shape index (κ1) is 12.8. The van der Waals surface area contributed by atoms with E-state index in [1.165, 1.54) is 0 Å². The van der Waals surface area contributed by atoms with E-state index in [-0.39, 0.29) is 5.91 Å². The van der Waals surface area contributed by atoms with Crippen molar-refractivity contribution < 1.29 is 4.79 Å². The number of amides is 1. The van der Waals surface area contributed by atoms with E-state index in [2.05, 4.69) is 5.32 Å². The Kier molecular flexibility index (Phi) is 5.08. The van der Waals surface area contributed by atoms with Crippen LogP contribution in [0, 0.1) is 0 Å². The second kappa shape index (κ2) is 6.35. The lowest BCUT2D eigenvalue weighted by molar-refractivity contribution is 0.0949. The second-order valence-electron chi connectivity index (χ2n) is 3.25. The summed E-state index contributed by atoms with van der Waals surface area (Å²) in [4.78, 5) is 11.7. The summed E-state index contributed by atoms with van der Waals surface area (Å²) in [6.07, 6.45) is 5.36. The lowest BCUT2D eigenvalue weighted by Crippen LogP contribution is -2.25. The molecule has 0 aliphatic rings. The van der Waals surface area contributed by atoms with Gasteiger partial charge in [0.25, 0.3) is 5.91 Å². The van der Waals surface area contributed by atoms with Crippen molar-refractivity contribution in [1.82, 2.24) is 9.88 Å². The van der Waals surface area contributed by atoms with Gasteiger partial charge in [-0.2, -0.15) is 0 Å². The fourth-order valence-corrected chi connectivity index (χ4v) is 1.57. The maximum atomic E-state index is 11.7. The molecule has 4 nitrogen and oxygen atoms in total. The molecular weight excluding hydrogens is 226 g/mol. The average Bonchev–Trinajstić information content (AvgIpc) is 2.65. The first-order valence-corrected chi connectivity index (χ1v) is 5.55. The van der Waals surface area contributed by atoms with Crippen LogP contribution in [-0.4, -0.2) is 23.6 Å². The molecule has 0 saturated heterocycles. The van der Waals surface area contributed by atoms with E-state index in [1.807, 2.05) is 17.6 Å². The largest absolute Gasteiger partial charge is 0.347 e. The number of nitrogens with zero attached hydrogens (tertiary/aromatic N) is 1. The van der Waals surface area contributed by atoms with Gasteiger partial charge >= 0.3 is 0 Å². The number of aromatic nitrogens is 1. The van der Waals surface area contributed by atoms with Gasteiger partial charge in [-0.1, -0.05) is 23.8 Å². The minimum absolute atomic E-state index is 0.129. The van der Waals surface area contributed by atoms with Crippen LogP contribution in [0.4, 0.5) is 0 Å². The first-order chi connectivity index (χ1) is 7.69. The molecular formula is C11H16ClN3O. The van der Waals surface area contributed by atoms with Crippen molar-refractivity contribution in [2.45, 2.75) is 13.5 Å². The molecule has 0 atom stereocenters. The number of carbonyl (C=O) groups excluding carboxylic acids is 1. The Labute approximate surface area is 100 Å². The standard InChI is InChI=1S/C11H16ClN3O/c1-2-15-8-9(12)7-10(15)11(16)14-6-4-3-5-13/h3-4,7-8H,2,5-6,13H2,1H3,(H,14,16)/b4-3+. The summed E-state index contributed by atoms with van der Waals surface area (Å²) >= 11 is 5.84. The molecule has 1 aromatic rings. The van der Waals surface area contributed by atoms with Crippen LogP contribution < -0.4 is 11.1 Å². The molecule has 0 aliphatic carbocycles. The number of rotatable bonds is 5. The van der Waals surface area contributed by atoms with E-state index in [1.54, 1.807) is 18.3 Å². The second-order valence-corrected chi connectivity index (χ2v) is 3.68. The van der Waals surface area contributed by atoms with E-state index in [9.17, 15) is 4.79 Å². The molecule has 3 N–H and O–H groups in total. The minimum Gasteiger partial charge on any atom is -0.347 e. The number of carbonyl (C=O) groups is 1. The lowest BCUT2D eigenvalue weighted by atomic mass is 10.4. The summed E-state index contributed by atoms with van der Waals surface area (Å²) in [6, 6.07) is 1.66. The minimum atomic E-state index is -0.129. The third-order valence-electron chi connectivity index (χ3n) is 2.12. The number of aryl methyl sites for hydroxylation is 1. The van der Waals surface area contributed by atoms with Gasteiger partial charge in [0.05, 0.1) is 5.02 Å². The van der Waals surface area contributed by atoms with Crippen molar-refractivity contribution in [3.05, 3.63) is 35.1 Å². The van der Waals surface area contributed by atoms with Gasteiger partial charge in [0.2, 0.25) is 0 Å². The highest BCUT2D eigenvalue weighted by Gasteiger charge is 2.10. The molecule has 1 heterocycles. The Morgan fingerprint density at radius 3 is 3.00 bits per heavy atom. The SMILES string of the molecule is CCn1cc(Cl)cc1C(=O)NC/C=C/CN. The number of nitrogens with one attached hydrogen (secondary N) is 1. The van der Waals surface area contributed by atoms with Crippen LogP contribution in [0.25, 0.3) is 0 Å². The quantitative estimate of drug-likeness (QED) is 0.766. The Balaban J connectivity index is 2.61. The van der Waals surface area contributed by atoms with Gasteiger partial charge in [0.15, 0.2) is 0 Å². The predicted molar refractivity (Wildman–Crippen MR) is 65.6 cm³/mol. The molecule has 1 amide bonds. The predicted octanol–water partition coefficient (Wildman–Crippen LogP) is 1.41. The highest BCUT2D eigenvalue weighted by atomic mass is 35.5. The van der Waals surface area contributed by atoms with Gasteiger partial charge in [-0.05, 0) is 13.0 Å².